The van der Waals surface area contributed by atoms with Gasteiger partial charge in [0.05, 0.1) is 26.8 Å². The van der Waals surface area contributed by atoms with Gasteiger partial charge in [-0.3, -0.25) is 0 Å². The summed E-state index contributed by atoms with van der Waals surface area (Å²) >= 11 is 0. The van der Waals surface area contributed by atoms with Gasteiger partial charge in [-0.15, -0.1) is 0 Å². The molecule has 1 heterocycles. The normalized spacial score (nSPS) is 11.6. The van der Waals surface area contributed by atoms with Crippen molar-refractivity contribution in [2.45, 2.75) is 6.29 Å². The van der Waals surface area contributed by atoms with E-state index in [2.05, 4.69) is 15.3 Å². The fourth-order valence-electron chi connectivity index (χ4n) is 3.46. The van der Waals surface area contributed by atoms with Crippen LogP contribution < -0.4 is 24.3 Å². The molecule has 8 heteroatoms. The third-order valence-corrected chi connectivity index (χ3v) is 5.06. The average molecular weight is 447 g/mol. The first-order chi connectivity index (χ1) is 16.2. The van der Waals surface area contributed by atoms with Gasteiger partial charge in [-0.05, 0) is 42.5 Å². The number of hydrogen-bond donors (Lipinski definition) is 1. The lowest BCUT2D eigenvalue weighted by Gasteiger charge is -2.23. The lowest BCUT2D eigenvalue weighted by atomic mass is 10.1. The molecule has 0 fully saturated rings. The lowest BCUT2D eigenvalue weighted by molar-refractivity contribution is -0.0589. The Bertz CT molecular complexity index is 1230. The van der Waals surface area contributed by atoms with Crippen molar-refractivity contribution in [3.63, 3.8) is 0 Å². The van der Waals surface area contributed by atoms with Crippen LogP contribution in [0.2, 0.25) is 0 Å². The minimum absolute atomic E-state index is 0.482. The van der Waals surface area contributed by atoms with Crippen LogP contribution in [0.25, 0.3) is 10.9 Å². The molecule has 0 saturated heterocycles. The highest BCUT2D eigenvalue weighted by Crippen LogP contribution is 2.43. The van der Waals surface area contributed by atoms with Crippen molar-refractivity contribution in [3.05, 3.63) is 72.4 Å². The number of aromatic nitrogens is 2. The van der Waals surface area contributed by atoms with Gasteiger partial charge in [-0.2, -0.15) is 0 Å². The van der Waals surface area contributed by atoms with Gasteiger partial charge < -0.3 is 29.0 Å². The Morgan fingerprint density at radius 1 is 0.788 bits per heavy atom. The maximum Gasteiger partial charge on any atom is 0.233 e. The van der Waals surface area contributed by atoms with Crippen LogP contribution in [-0.4, -0.2) is 38.4 Å². The van der Waals surface area contributed by atoms with Crippen molar-refractivity contribution >= 4 is 22.5 Å². The largest absolute Gasteiger partial charge is 0.496 e. The van der Waals surface area contributed by atoms with E-state index >= 15 is 0 Å². The van der Waals surface area contributed by atoms with Gasteiger partial charge in [0, 0.05) is 24.4 Å². The van der Waals surface area contributed by atoms with Gasteiger partial charge in [0.1, 0.15) is 17.1 Å². The Labute approximate surface area is 192 Å². The van der Waals surface area contributed by atoms with Crippen molar-refractivity contribution in [1.82, 2.24) is 9.97 Å². The van der Waals surface area contributed by atoms with Crippen molar-refractivity contribution in [1.29, 1.82) is 0 Å². The molecule has 1 unspecified atom stereocenters. The summed E-state index contributed by atoms with van der Waals surface area (Å²) in [5.41, 5.74) is 2.29. The zero-order chi connectivity index (χ0) is 23.2. The first-order valence-electron chi connectivity index (χ1n) is 10.2. The van der Waals surface area contributed by atoms with Crippen LogP contribution in [0.15, 0.2) is 66.9 Å². The summed E-state index contributed by atoms with van der Waals surface area (Å²) < 4.78 is 28.2. The SMILES string of the molecule is COc1ccc(OC)c(C(OC)Oc2ccc(Nc3ncc4ccccc4n3)cc2)c1OC. The van der Waals surface area contributed by atoms with Crippen molar-refractivity contribution in [2.75, 3.05) is 33.8 Å². The predicted molar refractivity (Wildman–Crippen MR) is 126 cm³/mol. The van der Waals surface area contributed by atoms with Crippen LogP contribution in [-0.2, 0) is 4.74 Å². The fraction of sp³-hybridized carbons (Fsp3) is 0.200. The second-order valence-electron chi connectivity index (χ2n) is 7.00. The lowest BCUT2D eigenvalue weighted by Crippen LogP contribution is -2.13. The molecule has 33 heavy (non-hydrogen) atoms. The van der Waals surface area contributed by atoms with E-state index in [9.17, 15) is 0 Å². The summed E-state index contributed by atoms with van der Waals surface area (Å²) in [5.74, 6) is 2.71. The molecule has 170 valence electrons. The van der Waals surface area contributed by atoms with Gasteiger partial charge in [-0.1, -0.05) is 18.2 Å². The zero-order valence-corrected chi connectivity index (χ0v) is 18.9. The van der Waals surface area contributed by atoms with Crippen molar-refractivity contribution in [3.8, 4) is 23.0 Å². The molecule has 0 bridgehead atoms. The van der Waals surface area contributed by atoms with Crippen LogP contribution in [0.1, 0.15) is 11.9 Å². The molecule has 0 aliphatic rings. The van der Waals surface area contributed by atoms with E-state index in [0.717, 1.165) is 16.6 Å². The van der Waals surface area contributed by atoms with E-state index in [0.29, 0.717) is 34.5 Å². The van der Waals surface area contributed by atoms with Gasteiger partial charge in [-0.25, -0.2) is 9.97 Å². The molecule has 0 radical (unpaired) electrons. The molecule has 0 spiro atoms. The van der Waals surface area contributed by atoms with Crippen LogP contribution in [0.3, 0.4) is 0 Å². The summed E-state index contributed by atoms with van der Waals surface area (Å²) in [6, 6.07) is 18.8. The molecule has 4 rings (SSSR count). The average Bonchev–Trinajstić information content (AvgIpc) is 2.87. The molecule has 4 aromatic rings. The Morgan fingerprint density at radius 3 is 2.21 bits per heavy atom. The molecular weight excluding hydrogens is 422 g/mol. The number of ether oxygens (including phenoxy) is 5. The van der Waals surface area contributed by atoms with E-state index in [4.69, 9.17) is 23.7 Å². The molecule has 1 aromatic heterocycles. The number of para-hydroxylation sites is 1. The number of hydrogen-bond acceptors (Lipinski definition) is 8. The van der Waals surface area contributed by atoms with Gasteiger partial charge >= 0.3 is 0 Å². The van der Waals surface area contributed by atoms with Gasteiger partial charge in [0.2, 0.25) is 12.2 Å². The highest BCUT2D eigenvalue weighted by atomic mass is 16.7. The Morgan fingerprint density at radius 2 is 1.52 bits per heavy atom. The summed E-state index contributed by atoms with van der Waals surface area (Å²) in [4.78, 5) is 8.90. The van der Waals surface area contributed by atoms with Crippen LogP contribution in [0.5, 0.6) is 23.0 Å². The zero-order valence-electron chi connectivity index (χ0n) is 18.9. The number of methoxy groups -OCH3 is 4. The monoisotopic (exact) mass is 447 g/mol. The van der Waals surface area contributed by atoms with Crippen LogP contribution in [0, 0.1) is 0 Å². The Balaban J connectivity index is 1.54. The van der Waals surface area contributed by atoms with E-state index in [1.807, 2.05) is 48.5 Å². The standard InChI is InChI=1S/C25H25N3O5/c1-29-20-13-14-21(30-2)23(31-3)22(20)24(32-4)33-18-11-9-17(10-12-18)27-25-26-15-16-7-5-6-8-19(16)28-25/h5-15,24H,1-4H3,(H,26,27,28). The van der Waals surface area contributed by atoms with Gasteiger partial charge in [0.15, 0.2) is 11.5 Å². The summed E-state index contributed by atoms with van der Waals surface area (Å²) in [5, 5.41) is 4.20. The third kappa shape index (κ3) is 4.75. The molecule has 8 nitrogen and oxygen atoms in total. The number of anilines is 2. The van der Waals surface area contributed by atoms with Crippen LogP contribution >= 0.6 is 0 Å². The maximum absolute atomic E-state index is 6.10. The number of benzene rings is 3. The van der Waals surface area contributed by atoms with Crippen molar-refractivity contribution in [2.24, 2.45) is 0 Å². The molecule has 0 aliphatic carbocycles. The molecule has 1 N–H and O–H groups in total. The minimum atomic E-state index is -0.785. The maximum atomic E-state index is 6.10. The Kier molecular flexibility index (Phi) is 6.75. The Hall–Kier alpha value is -4.04. The third-order valence-electron chi connectivity index (χ3n) is 5.06. The number of fused-ring (bicyclic) bond motifs is 1. The number of rotatable bonds is 9. The molecular formula is C25H25N3O5. The summed E-state index contributed by atoms with van der Waals surface area (Å²) in [6.45, 7) is 0. The highest BCUT2D eigenvalue weighted by molar-refractivity contribution is 5.78. The highest BCUT2D eigenvalue weighted by Gasteiger charge is 2.26. The van der Waals surface area contributed by atoms with Crippen LogP contribution in [0.4, 0.5) is 11.6 Å². The fourth-order valence-corrected chi connectivity index (χ4v) is 3.46. The number of nitrogens with one attached hydrogen (secondary N) is 1. The van der Waals surface area contributed by atoms with E-state index < -0.39 is 6.29 Å². The first kappa shape index (κ1) is 22.2. The summed E-state index contributed by atoms with van der Waals surface area (Å²) in [6.07, 6.45) is 1.01. The topological polar surface area (TPSA) is 84.0 Å². The van der Waals surface area contributed by atoms with Gasteiger partial charge in [0.25, 0.3) is 0 Å². The molecule has 3 aromatic carbocycles. The molecule has 0 amide bonds. The smallest absolute Gasteiger partial charge is 0.233 e. The molecule has 0 saturated carbocycles. The van der Waals surface area contributed by atoms with E-state index in [1.54, 1.807) is 46.8 Å². The molecule has 1 atom stereocenters. The second kappa shape index (κ2) is 10.1. The van der Waals surface area contributed by atoms with E-state index in [1.165, 1.54) is 0 Å². The van der Waals surface area contributed by atoms with Crippen molar-refractivity contribution < 1.29 is 23.7 Å². The second-order valence-corrected chi connectivity index (χ2v) is 7.00. The first-order valence-corrected chi connectivity index (χ1v) is 10.2. The summed E-state index contributed by atoms with van der Waals surface area (Å²) in [7, 11) is 6.26. The molecule has 0 aliphatic heterocycles. The van der Waals surface area contributed by atoms with E-state index in [-0.39, 0.29) is 0 Å². The quantitative estimate of drug-likeness (QED) is 0.354. The minimum Gasteiger partial charge on any atom is -0.496 e. The number of nitrogens with zero attached hydrogens (tertiary/aromatic N) is 2. The predicted octanol–water partition coefficient (Wildman–Crippen LogP) is 5.12.